The number of rotatable bonds is 6. The number of amides is 2. The van der Waals surface area contributed by atoms with Gasteiger partial charge in [-0.2, -0.15) is 0 Å². The SMILES string of the molecule is O=C(Cc1ccccc1)Nc1cc(Cl)c(N2CC(Cc3ccc(F)cc3F)CCC2=O)c(Cl)c1. The van der Waals surface area contributed by atoms with Gasteiger partial charge in [-0.3, -0.25) is 9.59 Å². The van der Waals surface area contributed by atoms with Crippen molar-refractivity contribution in [3.8, 4) is 0 Å². The number of piperidine rings is 1. The number of nitrogens with one attached hydrogen (secondary N) is 1. The molecule has 3 aromatic rings. The van der Waals surface area contributed by atoms with E-state index in [1.165, 1.54) is 17.0 Å². The van der Waals surface area contributed by atoms with Crippen LogP contribution in [0.5, 0.6) is 0 Å². The molecule has 176 valence electrons. The van der Waals surface area contributed by atoms with Gasteiger partial charge >= 0.3 is 0 Å². The van der Waals surface area contributed by atoms with Crippen molar-refractivity contribution in [1.29, 1.82) is 0 Å². The summed E-state index contributed by atoms with van der Waals surface area (Å²) in [6.45, 7) is 0.300. The Balaban J connectivity index is 1.48. The van der Waals surface area contributed by atoms with Gasteiger partial charge in [-0.05, 0) is 48.1 Å². The number of nitrogens with zero attached hydrogens (tertiary/aromatic N) is 1. The first kappa shape index (κ1) is 24.2. The fourth-order valence-electron chi connectivity index (χ4n) is 4.18. The molecule has 1 aliphatic heterocycles. The molecule has 2 amide bonds. The van der Waals surface area contributed by atoms with Crippen molar-refractivity contribution in [1.82, 2.24) is 0 Å². The molecule has 1 aliphatic rings. The zero-order valence-electron chi connectivity index (χ0n) is 18.2. The topological polar surface area (TPSA) is 49.4 Å². The second-order valence-electron chi connectivity index (χ2n) is 8.35. The Hall–Kier alpha value is -2.96. The van der Waals surface area contributed by atoms with Crippen LogP contribution in [0.4, 0.5) is 20.2 Å². The summed E-state index contributed by atoms with van der Waals surface area (Å²) in [5.74, 6) is -1.64. The van der Waals surface area contributed by atoms with E-state index in [1.54, 1.807) is 12.1 Å². The quantitative estimate of drug-likeness (QED) is 0.421. The number of benzene rings is 3. The van der Waals surface area contributed by atoms with Crippen LogP contribution < -0.4 is 10.2 Å². The predicted octanol–water partition coefficient (Wildman–Crippen LogP) is 6.44. The zero-order chi connectivity index (χ0) is 24.2. The van der Waals surface area contributed by atoms with Gasteiger partial charge in [0.05, 0.1) is 22.2 Å². The minimum absolute atomic E-state index is 0.0463. The maximum Gasteiger partial charge on any atom is 0.228 e. The molecule has 3 aromatic carbocycles. The molecule has 0 radical (unpaired) electrons. The predicted molar refractivity (Wildman–Crippen MR) is 130 cm³/mol. The van der Waals surface area contributed by atoms with E-state index in [9.17, 15) is 18.4 Å². The van der Waals surface area contributed by atoms with E-state index in [4.69, 9.17) is 23.2 Å². The molecule has 1 heterocycles. The number of hydrogen-bond donors (Lipinski definition) is 1. The Morgan fingerprint density at radius 2 is 1.74 bits per heavy atom. The van der Waals surface area contributed by atoms with Crippen LogP contribution in [-0.2, 0) is 22.4 Å². The van der Waals surface area contributed by atoms with Gasteiger partial charge in [-0.1, -0.05) is 59.6 Å². The van der Waals surface area contributed by atoms with Crippen molar-refractivity contribution in [3.05, 3.63) is 93.5 Å². The van der Waals surface area contributed by atoms with Gasteiger partial charge in [0.1, 0.15) is 11.6 Å². The second-order valence-corrected chi connectivity index (χ2v) is 9.16. The summed E-state index contributed by atoms with van der Waals surface area (Å²) in [7, 11) is 0. The molecular formula is C26H22Cl2F2N2O2. The molecule has 0 aliphatic carbocycles. The van der Waals surface area contributed by atoms with Crippen molar-refractivity contribution >= 4 is 46.4 Å². The number of halogens is 4. The van der Waals surface area contributed by atoms with E-state index in [-0.39, 0.29) is 40.6 Å². The lowest BCUT2D eigenvalue weighted by molar-refractivity contribution is -0.120. The molecule has 1 saturated heterocycles. The molecule has 1 N–H and O–H groups in total. The monoisotopic (exact) mass is 502 g/mol. The summed E-state index contributed by atoms with van der Waals surface area (Å²) in [5, 5.41) is 3.23. The zero-order valence-corrected chi connectivity index (χ0v) is 19.7. The Bertz CT molecular complexity index is 1200. The molecule has 0 bridgehead atoms. The largest absolute Gasteiger partial charge is 0.326 e. The Morgan fingerprint density at radius 1 is 1.03 bits per heavy atom. The molecule has 34 heavy (non-hydrogen) atoms. The van der Waals surface area contributed by atoms with Gasteiger partial charge < -0.3 is 10.2 Å². The number of hydrogen-bond acceptors (Lipinski definition) is 2. The fourth-order valence-corrected chi connectivity index (χ4v) is 4.87. The summed E-state index contributed by atoms with van der Waals surface area (Å²) in [5.41, 5.74) is 2.05. The summed E-state index contributed by atoms with van der Waals surface area (Å²) < 4.78 is 27.3. The Morgan fingerprint density at radius 3 is 2.41 bits per heavy atom. The maximum atomic E-state index is 14.1. The molecule has 8 heteroatoms. The third-order valence-electron chi connectivity index (χ3n) is 5.81. The van der Waals surface area contributed by atoms with Crippen molar-refractivity contribution < 1.29 is 18.4 Å². The van der Waals surface area contributed by atoms with Crippen LogP contribution in [0.2, 0.25) is 10.0 Å². The maximum absolute atomic E-state index is 14.1. The fraction of sp³-hybridized carbons (Fsp3) is 0.231. The first-order chi connectivity index (χ1) is 16.3. The molecule has 0 spiro atoms. The van der Waals surface area contributed by atoms with Gasteiger partial charge in [-0.15, -0.1) is 0 Å². The molecule has 0 saturated carbocycles. The van der Waals surface area contributed by atoms with Crippen LogP contribution in [0.1, 0.15) is 24.0 Å². The van der Waals surface area contributed by atoms with Crippen molar-refractivity contribution in [3.63, 3.8) is 0 Å². The molecular weight excluding hydrogens is 481 g/mol. The minimum Gasteiger partial charge on any atom is -0.326 e. The highest BCUT2D eigenvalue weighted by molar-refractivity contribution is 6.40. The summed E-state index contributed by atoms with van der Waals surface area (Å²) >= 11 is 13.0. The van der Waals surface area contributed by atoms with E-state index in [0.717, 1.165) is 11.6 Å². The highest BCUT2D eigenvalue weighted by Gasteiger charge is 2.30. The van der Waals surface area contributed by atoms with Crippen LogP contribution in [0.3, 0.4) is 0 Å². The van der Waals surface area contributed by atoms with Gasteiger partial charge in [0.25, 0.3) is 0 Å². The van der Waals surface area contributed by atoms with Crippen LogP contribution in [0.15, 0.2) is 60.7 Å². The van der Waals surface area contributed by atoms with Crippen molar-refractivity contribution in [2.45, 2.75) is 25.7 Å². The third-order valence-corrected chi connectivity index (χ3v) is 6.39. The lowest BCUT2D eigenvalue weighted by Gasteiger charge is -2.34. The molecule has 4 nitrogen and oxygen atoms in total. The number of anilines is 2. The Labute approximate surface area is 206 Å². The van der Waals surface area contributed by atoms with Gasteiger partial charge in [0, 0.05) is 24.7 Å². The molecule has 4 rings (SSSR count). The van der Waals surface area contributed by atoms with E-state index in [2.05, 4.69) is 5.32 Å². The number of carbonyl (C=O) groups is 2. The van der Waals surface area contributed by atoms with E-state index in [0.29, 0.717) is 36.3 Å². The van der Waals surface area contributed by atoms with Gasteiger partial charge in [0.2, 0.25) is 11.8 Å². The first-order valence-electron chi connectivity index (χ1n) is 10.9. The molecule has 1 unspecified atom stereocenters. The lowest BCUT2D eigenvalue weighted by atomic mass is 9.90. The summed E-state index contributed by atoms with van der Waals surface area (Å²) in [6, 6.07) is 15.9. The van der Waals surface area contributed by atoms with Crippen LogP contribution >= 0.6 is 23.2 Å². The van der Waals surface area contributed by atoms with Crippen molar-refractivity contribution in [2.75, 3.05) is 16.8 Å². The highest BCUT2D eigenvalue weighted by Crippen LogP contribution is 2.39. The normalized spacial score (nSPS) is 15.9. The minimum atomic E-state index is -0.629. The standard InChI is InChI=1S/C26H22Cl2F2N2O2/c27-21-13-20(31-24(33)11-16-4-2-1-3-5-16)14-22(28)26(21)32-15-17(6-9-25(32)34)10-18-7-8-19(29)12-23(18)30/h1-5,7-8,12-14,17H,6,9-11,15H2,(H,31,33). The summed E-state index contributed by atoms with van der Waals surface area (Å²) in [6.07, 6.45) is 1.40. The van der Waals surface area contributed by atoms with Crippen molar-refractivity contribution in [2.24, 2.45) is 5.92 Å². The summed E-state index contributed by atoms with van der Waals surface area (Å²) in [4.78, 5) is 26.6. The van der Waals surface area contributed by atoms with Gasteiger partial charge in [-0.25, -0.2) is 8.78 Å². The molecule has 1 fully saturated rings. The smallest absolute Gasteiger partial charge is 0.228 e. The highest BCUT2D eigenvalue weighted by atomic mass is 35.5. The van der Waals surface area contributed by atoms with Crippen LogP contribution in [0, 0.1) is 17.6 Å². The second kappa shape index (κ2) is 10.5. The van der Waals surface area contributed by atoms with Gasteiger partial charge in [0.15, 0.2) is 0 Å². The van der Waals surface area contributed by atoms with E-state index >= 15 is 0 Å². The van der Waals surface area contributed by atoms with Crippen LogP contribution in [0.25, 0.3) is 0 Å². The third kappa shape index (κ3) is 5.75. The molecule has 1 atom stereocenters. The molecule has 0 aromatic heterocycles. The van der Waals surface area contributed by atoms with E-state index < -0.39 is 11.6 Å². The average molecular weight is 503 g/mol. The lowest BCUT2D eigenvalue weighted by Crippen LogP contribution is -2.41. The van der Waals surface area contributed by atoms with Crippen LogP contribution in [-0.4, -0.2) is 18.4 Å². The first-order valence-corrected chi connectivity index (χ1v) is 11.6. The average Bonchev–Trinajstić information content (AvgIpc) is 2.78. The number of carbonyl (C=O) groups excluding carboxylic acids is 2. The van der Waals surface area contributed by atoms with E-state index in [1.807, 2.05) is 30.3 Å². The Kier molecular flexibility index (Phi) is 7.49.